The van der Waals surface area contributed by atoms with Crippen molar-refractivity contribution in [2.24, 2.45) is 5.92 Å². The highest BCUT2D eigenvalue weighted by Crippen LogP contribution is 2.40. The summed E-state index contributed by atoms with van der Waals surface area (Å²) in [4.78, 5) is 28.8. The van der Waals surface area contributed by atoms with Crippen LogP contribution in [0, 0.1) is 5.92 Å². The monoisotopic (exact) mass is 486 g/mol. The number of amides is 1. The quantitative estimate of drug-likeness (QED) is 0.416. The van der Waals surface area contributed by atoms with E-state index in [2.05, 4.69) is 22.4 Å². The van der Waals surface area contributed by atoms with Crippen molar-refractivity contribution >= 4 is 28.2 Å². The maximum atomic E-state index is 13.0. The molecule has 0 fully saturated rings. The van der Waals surface area contributed by atoms with E-state index in [1.165, 1.54) is 16.2 Å². The van der Waals surface area contributed by atoms with Crippen LogP contribution in [0.1, 0.15) is 60.3 Å². The Bertz CT molecular complexity index is 1120. The van der Waals surface area contributed by atoms with Gasteiger partial charge in [-0.15, -0.1) is 21.5 Å². The number of nitrogens with one attached hydrogen (secondary N) is 1. The molecular formula is C24H30N4O5S. The van der Waals surface area contributed by atoms with E-state index in [1.54, 1.807) is 25.3 Å². The third-order valence-corrected chi connectivity index (χ3v) is 6.88. The molecule has 3 aromatic heterocycles. The Labute approximate surface area is 202 Å². The van der Waals surface area contributed by atoms with Crippen molar-refractivity contribution in [3.8, 4) is 11.7 Å². The molecule has 1 N–H and O–H groups in total. The van der Waals surface area contributed by atoms with Gasteiger partial charge in [0.2, 0.25) is 11.8 Å². The van der Waals surface area contributed by atoms with Crippen LogP contribution in [0.15, 0.2) is 27.2 Å². The number of fused-ring (bicyclic) bond motifs is 1. The molecule has 1 aliphatic carbocycles. The van der Waals surface area contributed by atoms with Gasteiger partial charge in [-0.25, -0.2) is 4.79 Å². The zero-order valence-electron chi connectivity index (χ0n) is 19.8. The van der Waals surface area contributed by atoms with Crippen molar-refractivity contribution in [2.45, 2.75) is 53.0 Å². The molecule has 1 atom stereocenters. The number of furan rings is 1. The number of carbonyl (C=O) groups excluding carboxylic acids is 2. The van der Waals surface area contributed by atoms with Crippen molar-refractivity contribution in [3.05, 3.63) is 40.3 Å². The lowest BCUT2D eigenvalue weighted by molar-refractivity contribution is -0.117. The van der Waals surface area contributed by atoms with Gasteiger partial charge in [0.15, 0.2) is 5.76 Å². The van der Waals surface area contributed by atoms with Crippen LogP contribution in [0.2, 0.25) is 0 Å². The minimum absolute atomic E-state index is 0.132. The highest BCUT2D eigenvalue weighted by molar-refractivity contribution is 7.17. The van der Waals surface area contributed by atoms with Crippen LogP contribution >= 0.6 is 11.3 Å². The maximum Gasteiger partial charge on any atom is 0.341 e. The van der Waals surface area contributed by atoms with E-state index >= 15 is 0 Å². The number of thiophene rings is 1. The molecule has 1 amide bonds. The first-order valence-corrected chi connectivity index (χ1v) is 12.5. The lowest BCUT2D eigenvalue weighted by atomic mass is 9.88. The van der Waals surface area contributed by atoms with E-state index in [9.17, 15) is 9.59 Å². The van der Waals surface area contributed by atoms with Crippen LogP contribution < -0.4 is 5.32 Å². The molecule has 0 radical (unpaired) electrons. The molecule has 0 saturated carbocycles. The minimum Gasteiger partial charge on any atom is -0.462 e. The first kappa shape index (κ1) is 24.2. The van der Waals surface area contributed by atoms with Crippen molar-refractivity contribution in [1.29, 1.82) is 0 Å². The number of hydrogen-bond acceptors (Lipinski definition) is 9. The minimum atomic E-state index is -0.369. The first-order chi connectivity index (χ1) is 16.5. The zero-order chi connectivity index (χ0) is 24.1. The van der Waals surface area contributed by atoms with Gasteiger partial charge in [0.05, 0.1) is 31.5 Å². The van der Waals surface area contributed by atoms with Gasteiger partial charge in [0.25, 0.3) is 5.89 Å². The van der Waals surface area contributed by atoms with E-state index in [0.717, 1.165) is 31.2 Å². The summed E-state index contributed by atoms with van der Waals surface area (Å²) in [6.45, 7) is 7.47. The lowest BCUT2D eigenvalue weighted by Gasteiger charge is -2.19. The zero-order valence-corrected chi connectivity index (χ0v) is 20.6. The topological polar surface area (TPSA) is 111 Å². The molecule has 3 heterocycles. The third kappa shape index (κ3) is 5.56. The third-order valence-electron chi connectivity index (χ3n) is 5.71. The largest absolute Gasteiger partial charge is 0.462 e. The maximum absolute atomic E-state index is 13.0. The summed E-state index contributed by atoms with van der Waals surface area (Å²) in [5.41, 5.74) is 1.54. The molecule has 182 valence electrons. The second-order valence-electron chi connectivity index (χ2n) is 8.51. The molecule has 0 aliphatic heterocycles. The van der Waals surface area contributed by atoms with Crippen LogP contribution in [0.3, 0.4) is 0 Å². The Morgan fingerprint density at radius 1 is 1.32 bits per heavy atom. The molecule has 34 heavy (non-hydrogen) atoms. The number of nitrogens with zero attached hydrogens (tertiary/aromatic N) is 3. The average molecular weight is 487 g/mol. The molecule has 0 spiro atoms. The van der Waals surface area contributed by atoms with Crippen LogP contribution in [-0.2, 0) is 28.9 Å². The number of carbonyl (C=O) groups is 2. The predicted octanol–water partition coefficient (Wildman–Crippen LogP) is 4.54. The van der Waals surface area contributed by atoms with Crippen molar-refractivity contribution < 1.29 is 23.2 Å². The van der Waals surface area contributed by atoms with Gasteiger partial charge in [0.1, 0.15) is 5.00 Å². The lowest BCUT2D eigenvalue weighted by Crippen LogP contribution is -2.33. The highest BCUT2D eigenvalue weighted by Gasteiger charge is 2.29. The summed E-state index contributed by atoms with van der Waals surface area (Å²) >= 11 is 1.49. The number of anilines is 1. The van der Waals surface area contributed by atoms with Crippen molar-refractivity contribution in [3.63, 3.8) is 0 Å². The molecule has 9 nitrogen and oxygen atoms in total. The van der Waals surface area contributed by atoms with Gasteiger partial charge >= 0.3 is 5.97 Å². The molecule has 0 aromatic carbocycles. The number of aromatic nitrogens is 2. The number of rotatable bonds is 10. The molecule has 10 heteroatoms. The Morgan fingerprint density at radius 2 is 2.18 bits per heavy atom. The number of esters is 1. The average Bonchev–Trinajstić information content (AvgIpc) is 3.53. The second-order valence-corrected chi connectivity index (χ2v) is 9.62. The van der Waals surface area contributed by atoms with Crippen molar-refractivity contribution in [1.82, 2.24) is 15.1 Å². The van der Waals surface area contributed by atoms with Gasteiger partial charge in [-0.05, 0) is 62.8 Å². The smallest absolute Gasteiger partial charge is 0.341 e. The standard InChI is InChI=1S/C24H30N4O5S/c1-4-10-28(14-20-26-27-22(33-20)17-7-6-11-32-17)13-19(29)25-23-21(24(30)31-5-2)16-9-8-15(3)12-18(16)34-23/h6-7,11,15H,4-5,8-10,12-14H2,1-3H3,(H,25,29)/t15-/m1/s1. The fourth-order valence-corrected chi connectivity index (χ4v) is 5.58. The van der Waals surface area contributed by atoms with Crippen LogP contribution in [0.25, 0.3) is 11.7 Å². The summed E-state index contributed by atoms with van der Waals surface area (Å²) in [7, 11) is 0. The normalized spacial score (nSPS) is 15.4. The van der Waals surface area contributed by atoms with Crippen LogP contribution in [0.4, 0.5) is 5.00 Å². The predicted molar refractivity (Wildman–Crippen MR) is 128 cm³/mol. The molecule has 0 saturated heterocycles. The molecule has 0 bridgehead atoms. The molecular weight excluding hydrogens is 456 g/mol. The molecule has 4 rings (SSSR count). The number of ether oxygens (including phenoxy) is 1. The van der Waals surface area contributed by atoms with Gasteiger partial charge in [0, 0.05) is 4.88 Å². The van der Waals surface area contributed by atoms with Gasteiger partial charge in [-0.2, -0.15) is 0 Å². The SMILES string of the molecule is CCCN(CC(=O)Nc1sc2c(c1C(=O)OCC)CC[C@@H](C)C2)Cc1nnc(-c2ccco2)o1. The first-order valence-electron chi connectivity index (χ1n) is 11.7. The fraction of sp³-hybridized carbons (Fsp3) is 0.500. The fourth-order valence-electron chi connectivity index (χ4n) is 4.17. The van der Waals surface area contributed by atoms with E-state index in [1.807, 2.05) is 11.8 Å². The molecule has 3 aromatic rings. The number of hydrogen-bond donors (Lipinski definition) is 1. The molecule has 1 aliphatic rings. The van der Waals surface area contributed by atoms with Gasteiger partial charge in [-0.1, -0.05) is 13.8 Å². The van der Waals surface area contributed by atoms with Crippen LogP contribution in [0.5, 0.6) is 0 Å². The Morgan fingerprint density at radius 3 is 2.91 bits per heavy atom. The summed E-state index contributed by atoms with van der Waals surface area (Å²) < 4.78 is 16.3. The second kappa shape index (κ2) is 11.0. The van der Waals surface area contributed by atoms with Crippen molar-refractivity contribution in [2.75, 3.05) is 25.0 Å². The van der Waals surface area contributed by atoms with E-state index < -0.39 is 0 Å². The summed E-state index contributed by atoms with van der Waals surface area (Å²) in [6, 6.07) is 3.50. The van der Waals surface area contributed by atoms with E-state index in [0.29, 0.717) is 53.7 Å². The van der Waals surface area contributed by atoms with Gasteiger partial charge < -0.3 is 18.9 Å². The highest BCUT2D eigenvalue weighted by atomic mass is 32.1. The Balaban J connectivity index is 1.46. The van der Waals surface area contributed by atoms with E-state index in [-0.39, 0.29) is 18.4 Å². The Kier molecular flexibility index (Phi) is 7.79. The Hall–Kier alpha value is -2.98. The molecule has 0 unspecified atom stereocenters. The summed E-state index contributed by atoms with van der Waals surface area (Å²) in [5.74, 6) is 1.20. The van der Waals surface area contributed by atoms with Crippen LogP contribution in [-0.4, -0.2) is 46.7 Å². The van der Waals surface area contributed by atoms with Gasteiger partial charge in [-0.3, -0.25) is 9.69 Å². The van der Waals surface area contributed by atoms with E-state index in [4.69, 9.17) is 13.6 Å². The summed E-state index contributed by atoms with van der Waals surface area (Å²) in [6.07, 6.45) is 5.16. The summed E-state index contributed by atoms with van der Waals surface area (Å²) in [5, 5.41) is 11.7.